The van der Waals surface area contributed by atoms with Crippen molar-refractivity contribution in [2.75, 3.05) is 0 Å². The summed E-state index contributed by atoms with van der Waals surface area (Å²) in [4.78, 5) is 36.8. The number of allylic oxidation sites excluding steroid dienone is 6. The van der Waals surface area contributed by atoms with E-state index in [1.807, 2.05) is 0 Å². The fourth-order valence-corrected chi connectivity index (χ4v) is 10.9. The zero-order valence-corrected chi connectivity index (χ0v) is 40.2. The van der Waals surface area contributed by atoms with Gasteiger partial charge in [-0.3, -0.25) is 14.4 Å². The van der Waals surface area contributed by atoms with Gasteiger partial charge in [0.25, 0.3) is 0 Å². The Balaban J connectivity index is 0.000000276. The summed E-state index contributed by atoms with van der Waals surface area (Å²) >= 11 is 0. The van der Waals surface area contributed by atoms with Gasteiger partial charge in [-0.05, 0) is 107 Å². The first-order chi connectivity index (χ1) is 30.1. The van der Waals surface area contributed by atoms with Gasteiger partial charge in [-0.15, -0.1) is 0 Å². The number of hydrogen-bond donors (Lipinski definition) is 0. The maximum atomic E-state index is 13.6. The van der Waals surface area contributed by atoms with E-state index < -0.39 is 156 Å². The summed E-state index contributed by atoms with van der Waals surface area (Å²) < 4.78 is 270. The topological polar surface area (TPSA) is 120 Å². The maximum absolute atomic E-state index is 13.6. The van der Waals surface area contributed by atoms with E-state index in [2.05, 4.69) is 0 Å². The van der Waals surface area contributed by atoms with E-state index in [-0.39, 0.29) is 87.9 Å². The van der Waals surface area contributed by atoms with E-state index in [4.69, 9.17) is 0 Å². The summed E-state index contributed by atoms with van der Waals surface area (Å²) in [6.45, 7) is 13.3. The minimum atomic E-state index is -6.60. The normalized spacial score (nSPS) is 32.8. The Hall–Kier alpha value is -2.26. The van der Waals surface area contributed by atoms with Gasteiger partial charge in [0.05, 0.1) is 0 Å². The zero-order valence-electron chi connectivity index (χ0n) is 37.7. The third kappa shape index (κ3) is 7.90. The summed E-state index contributed by atoms with van der Waals surface area (Å²) in [7, 11) is 0. The van der Waals surface area contributed by atoms with Crippen LogP contribution in [0.4, 0.5) is 92.2 Å². The predicted octanol–water partition coefficient (Wildman–Crippen LogP) is 10.4. The first-order valence-corrected chi connectivity index (χ1v) is 20.5. The summed E-state index contributed by atoms with van der Waals surface area (Å²) in [5.41, 5.74) is -9.87. The van der Waals surface area contributed by atoms with Crippen LogP contribution >= 0.6 is 0 Å². The number of carbonyl (C=O) groups is 3. The fourth-order valence-electron chi connectivity index (χ4n) is 10.9. The molecular formula is C42H42EuF21O6. The minimum absolute atomic E-state index is 0. The van der Waals surface area contributed by atoms with Crippen molar-refractivity contribution >= 4 is 17.3 Å². The number of Topliss-reactive ketones (excluding diaryl/α,β-unsaturated/α-hetero) is 3. The maximum Gasteiger partial charge on any atom is 3.00 e. The van der Waals surface area contributed by atoms with Crippen molar-refractivity contribution in [3.05, 3.63) is 34.0 Å². The molecule has 0 aromatic carbocycles. The number of carbonyl (C=O) groups excluding carboxylic acids is 3. The van der Waals surface area contributed by atoms with Crippen molar-refractivity contribution in [1.29, 1.82) is 0 Å². The Morgan fingerprint density at radius 3 is 0.643 bits per heavy atom. The van der Waals surface area contributed by atoms with Gasteiger partial charge in [-0.1, -0.05) is 62.3 Å². The third-order valence-electron chi connectivity index (χ3n) is 16.8. The monoisotopic (exact) mass is 1190 g/mol. The van der Waals surface area contributed by atoms with E-state index in [0.717, 1.165) is 0 Å². The molecule has 0 aliphatic heterocycles. The molecule has 6 aliphatic rings. The molecule has 6 nitrogen and oxygen atoms in total. The van der Waals surface area contributed by atoms with Gasteiger partial charge in [0.2, 0.25) is 0 Å². The average Bonchev–Trinajstić information content (AvgIpc) is 3.79. The standard InChI is InChI=1S/3C14H15F7O2.Eu/c3*1-10(2)6-4-5-11(10,3)8(22)7(6)9(23)12(15,16)13(17,18)14(19,20)21;/h3*6,23H,4-5H2,1-3H3;/q;;;+3/p-3/b9-7+;2*9-7-;/t3*6-,11+;/m111./s1. The fraction of sp³-hybridized carbons (Fsp3) is 0.786. The molecule has 28 heteroatoms. The molecule has 70 heavy (non-hydrogen) atoms. The van der Waals surface area contributed by atoms with Gasteiger partial charge in [0.15, 0.2) is 17.3 Å². The van der Waals surface area contributed by atoms with Crippen molar-refractivity contribution in [2.24, 2.45) is 50.2 Å². The second-order valence-electron chi connectivity index (χ2n) is 20.6. The molecular weight excluding hydrogens is 1150 g/mol. The van der Waals surface area contributed by atoms with Crippen molar-refractivity contribution in [3.8, 4) is 0 Å². The van der Waals surface area contributed by atoms with Crippen LogP contribution in [0.1, 0.15) is 101 Å². The molecule has 6 fully saturated rings. The quantitative estimate of drug-likeness (QED) is 0.148. The van der Waals surface area contributed by atoms with Crippen molar-refractivity contribution < 1.29 is 171 Å². The SMILES string of the molecule is CC1(C)[C@@H]2CC[C@@]1(C)C(=O)/C2=C(/[O-])C(F)(F)C(F)(F)C(F)(F)F.CC1(C)[C@@H]2CC[C@@]1(C)C(=O)/C2=C(\[O-])C(F)(F)C(F)(F)C(F)(F)F.CC1(C)[C@@H]2CC[C@@]1(C)C(=O)/C2=C(\[O-])C(F)(F)C(F)(F)C(F)(F)F.[Eu+3]. The molecule has 0 heterocycles. The van der Waals surface area contributed by atoms with Gasteiger partial charge in [0.1, 0.15) is 0 Å². The number of halogens is 21. The van der Waals surface area contributed by atoms with E-state index >= 15 is 0 Å². The molecule has 0 spiro atoms. The summed E-state index contributed by atoms with van der Waals surface area (Å²) in [6.07, 6.45) is -18.7. The molecule has 0 N–H and O–H groups in total. The van der Waals surface area contributed by atoms with Crippen molar-refractivity contribution in [3.63, 3.8) is 0 Å². The average molecular weight is 1190 g/mol. The Kier molecular flexibility index (Phi) is 15.2. The Morgan fingerprint density at radius 2 is 0.529 bits per heavy atom. The predicted molar refractivity (Wildman–Crippen MR) is 188 cm³/mol. The third-order valence-corrected chi connectivity index (χ3v) is 16.8. The molecule has 0 unspecified atom stereocenters. The number of alkyl halides is 21. The number of rotatable bonds is 6. The Labute approximate surface area is 425 Å². The van der Waals surface area contributed by atoms with Crippen LogP contribution in [0, 0.1) is 99.6 Å². The van der Waals surface area contributed by atoms with Crippen LogP contribution in [0.5, 0.6) is 0 Å². The second-order valence-corrected chi connectivity index (χ2v) is 20.6. The van der Waals surface area contributed by atoms with E-state index in [1.165, 1.54) is 62.3 Å². The first kappa shape index (κ1) is 62.0. The van der Waals surface area contributed by atoms with Crippen LogP contribution in [0.3, 0.4) is 0 Å². The molecule has 0 radical (unpaired) electrons. The van der Waals surface area contributed by atoms with Gasteiger partial charge >= 0.3 is 103 Å². The first-order valence-electron chi connectivity index (χ1n) is 20.5. The van der Waals surface area contributed by atoms with Gasteiger partial charge in [-0.2, -0.15) is 92.2 Å². The molecule has 0 aromatic heterocycles. The van der Waals surface area contributed by atoms with Crippen LogP contribution in [0.15, 0.2) is 34.0 Å². The molecule has 0 amide bonds. The van der Waals surface area contributed by atoms with Gasteiger partial charge < -0.3 is 15.3 Å². The smallest absolute Gasteiger partial charge is 0.871 e. The van der Waals surface area contributed by atoms with Gasteiger partial charge in [0, 0.05) is 16.2 Å². The number of ketones is 3. The molecule has 0 aromatic rings. The molecule has 6 rings (SSSR count). The molecule has 6 aliphatic carbocycles. The van der Waals surface area contributed by atoms with E-state index in [0.29, 0.717) is 0 Å². The van der Waals surface area contributed by atoms with Crippen molar-refractivity contribution in [2.45, 2.75) is 155 Å². The second kappa shape index (κ2) is 17.1. The molecule has 400 valence electrons. The zero-order chi connectivity index (χ0) is 54.7. The Bertz CT molecular complexity index is 2020. The van der Waals surface area contributed by atoms with Crippen LogP contribution in [0.2, 0.25) is 0 Å². The van der Waals surface area contributed by atoms with E-state index in [9.17, 15) is 122 Å². The summed E-state index contributed by atoms with van der Waals surface area (Å²) in [5.74, 6) is -52.2. The summed E-state index contributed by atoms with van der Waals surface area (Å²) in [6, 6.07) is 0. The largest absolute Gasteiger partial charge is 3.00 e. The molecule has 6 bridgehead atoms. The van der Waals surface area contributed by atoms with Crippen LogP contribution in [0.25, 0.3) is 0 Å². The molecule has 6 atom stereocenters. The number of hydrogen-bond acceptors (Lipinski definition) is 6. The number of fused-ring (bicyclic) bond motifs is 6. The molecule has 6 saturated carbocycles. The van der Waals surface area contributed by atoms with Crippen LogP contribution < -0.4 is 15.3 Å². The van der Waals surface area contributed by atoms with Gasteiger partial charge in [-0.25, -0.2) is 0 Å². The molecule has 0 saturated heterocycles. The minimum Gasteiger partial charge on any atom is -0.871 e. The van der Waals surface area contributed by atoms with Crippen LogP contribution in [-0.2, 0) is 14.4 Å². The van der Waals surface area contributed by atoms with E-state index in [1.54, 1.807) is 0 Å². The van der Waals surface area contributed by atoms with Crippen LogP contribution in [-0.4, -0.2) is 71.4 Å². The summed E-state index contributed by atoms with van der Waals surface area (Å²) in [5, 5.41) is 35.4. The Morgan fingerprint density at radius 1 is 0.371 bits per heavy atom. The van der Waals surface area contributed by atoms with Crippen molar-refractivity contribution in [1.82, 2.24) is 0 Å².